The standard InChI is InChI=1S/C16H21NO2S/c1-4-12(2)13(3)17-20(18,19)16-11-7-9-14-8-5-6-10-15(14)16/h5-13,17H,4H2,1-3H3. The van der Waals surface area contributed by atoms with E-state index in [0.29, 0.717) is 10.8 Å². The van der Waals surface area contributed by atoms with E-state index >= 15 is 0 Å². The zero-order valence-corrected chi connectivity index (χ0v) is 12.9. The molecule has 1 N–H and O–H groups in total. The lowest BCUT2D eigenvalue weighted by Gasteiger charge is -2.20. The molecule has 0 heterocycles. The fourth-order valence-corrected chi connectivity index (χ4v) is 3.79. The number of sulfonamides is 1. The monoisotopic (exact) mass is 291 g/mol. The summed E-state index contributed by atoms with van der Waals surface area (Å²) in [6.07, 6.45) is 0.944. The molecule has 0 saturated heterocycles. The molecule has 4 heteroatoms. The molecule has 0 aliphatic heterocycles. The number of hydrogen-bond donors (Lipinski definition) is 1. The van der Waals surface area contributed by atoms with Crippen molar-refractivity contribution in [2.75, 3.05) is 0 Å². The highest BCUT2D eigenvalue weighted by Gasteiger charge is 2.21. The zero-order valence-electron chi connectivity index (χ0n) is 12.1. The molecular formula is C16H21NO2S. The first-order chi connectivity index (χ1) is 9.45. The normalized spacial score (nSPS) is 15.2. The van der Waals surface area contributed by atoms with Crippen LogP contribution >= 0.6 is 0 Å². The molecule has 2 rings (SSSR count). The predicted octanol–water partition coefficient (Wildman–Crippen LogP) is 3.55. The first-order valence-corrected chi connectivity index (χ1v) is 8.44. The summed E-state index contributed by atoms with van der Waals surface area (Å²) in [6, 6.07) is 12.8. The second kappa shape index (κ2) is 5.94. The maximum absolute atomic E-state index is 12.6. The molecule has 3 nitrogen and oxygen atoms in total. The van der Waals surface area contributed by atoms with Gasteiger partial charge in [-0.25, -0.2) is 13.1 Å². The van der Waals surface area contributed by atoms with Crippen LogP contribution in [0.2, 0.25) is 0 Å². The van der Waals surface area contributed by atoms with Crippen LogP contribution in [0.15, 0.2) is 47.4 Å². The van der Waals surface area contributed by atoms with Crippen molar-refractivity contribution < 1.29 is 8.42 Å². The van der Waals surface area contributed by atoms with Crippen molar-refractivity contribution in [3.05, 3.63) is 42.5 Å². The van der Waals surface area contributed by atoms with Gasteiger partial charge in [0, 0.05) is 11.4 Å². The van der Waals surface area contributed by atoms with E-state index in [1.807, 2.05) is 37.3 Å². The number of fused-ring (bicyclic) bond motifs is 1. The molecule has 0 amide bonds. The van der Waals surface area contributed by atoms with Crippen molar-refractivity contribution in [2.45, 2.75) is 38.1 Å². The molecule has 0 spiro atoms. The Kier molecular flexibility index (Phi) is 4.45. The van der Waals surface area contributed by atoms with Crippen LogP contribution < -0.4 is 4.72 Å². The molecule has 0 radical (unpaired) electrons. The summed E-state index contributed by atoms with van der Waals surface area (Å²) >= 11 is 0. The summed E-state index contributed by atoms with van der Waals surface area (Å²) in [5, 5.41) is 1.70. The van der Waals surface area contributed by atoms with Crippen LogP contribution in [0.1, 0.15) is 27.2 Å². The Hall–Kier alpha value is -1.39. The fourth-order valence-electron chi connectivity index (χ4n) is 2.21. The van der Waals surface area contributed by atoms with Crippen LogP contribution in [-0.2, 0) is 10.0 Å². The third-order valence-corrected chi connectivity index (χ3v) is 5.49. The number of benzene rings is 2. The van der Waals surface area contributed by atoms with Gasteiger partial charge in [0.2, 0.25) is 10.0 Å². The van der Waals surface area contributed by atoms with Crippen molar-refractivity contribution >= 4 is 20.8 Å². The van der Waals surface area contributed by atoms with Crippen molar-refractivity contribution in [1.29, 1.82) is 0 Å². The summed E-state index contributed by atoms with van der Waals surface area (Å²) in [5.74, 6) is 0.305. The number of rotatable bonds is 5. The Labute approximate surface area is 121 Å². The Bertz CT molecular complexity index is 689. The van der Waals surface area contributed by atoms with Gasteiger partial charge in [0.15, 0.2) is 0 Å². The molecule has 2 atom stereocenters. The van der Waals surface area contributed by atoms with E-state index in [4.69, 9.17) is 0 Å². The lowest BCUT2D eigenvalue weighted by Crippen LogP contribution is -2.36. The van der Waals surface area contributed by atoms with E-state index in [9.17, 15) is 8.42 Å². The van der Waals surface area contributed by atoms with Gasteiger partial charge in [0.1, 0.15) is 0 Å². The maximum atomic E-state index is 12.6. The largest absolute Gasteiger partial charge is 0.241 e. The highest BCUT2D eigenvalue weighted by Crippen LogP contribution is 2.23. The second-order valence-electron chi connectivity index (χ2n) is 5.27. The molecule has 0 saturated carbocycles. The van der Waals surface area contributed by atoms with Gasteiger partial charge < -0.3 is 0 Å². The highest BCUT2D eigenvalue weighted by molar-refractivity contribution is 7.89. The summed E-state index contributed by atoms with van der Waals surface area (Å²) in [4.78, 5) is 0.353. The molecule has 0 aromatic heterocycles. The average molecular weight is 291 g/mol. The average Bonchev–Trinajstić information content (AvgIpc) is 2.45. The molecule has 0 bridgehead atoms. The van der Waals surface area contributed by atoms with Gasteiger partial charge in [-0.3, -0.25) is 0 Å². The Morgan fingerprint density at radius 1 is 1.05 bits per heavy atom. The zero-order chi connectivity index (χ0) is 14.8. The van der Waals surface area contributed by atoms with Crippen molar-refractivity contribution in [2.24, 2.45) is 5.92 Å². The van der Waals surface area contributed by atoms with Gasteiger partial charge >= 0.3 is 0 Å². The van der Waals surface area contributed by atoms with Crippen molar-refractivity contribution in [3.63, 3.8) is 0 Å². The first kappa shape index (κ1) is 15.0. The van der Waals surface area contributed by atoms with Crippen LogP contribution in [0.3, 0.4) is 0 Å². The molecule has 20 heavy (non-hydrogen) atoms. The summed E-state index contributed by atoms with van der Waals surface area (Å²) in [6.45, 7) is 6.03. The topological polar surface area (TPSA) is 46.2 Å². The molecule has 2 aromatic rings. The third kappa shape index (κ3) is 3.02. The quantitative estimate of drug-likeness (QED) is 0.915. The fraction of sp³-hybridized carbons (Fsp3) is 0.375. The van der Waals surface area contributed by atoms with E-state index in [0.717, 1.165) is 17.2 Å². The minimum Gasteiger partial charge on any atom is -0.208 e. The van der Waals surface area contributed by atoms with E-state index in [1.54, 1.807) is 12.1 Å². The Morgan fingerprint density at radius 2 is 1.70 bits per heavy atom. The predicted molar refractivity (Wildman–Crippen MR) is 83.2 cm³/mol. The van der Waals surface area contributed by atoms with Gasteiger partial charge in [-0.1, -0.05) is 56.7 Å². The second-order valence-corrected chi connectivity index (χ2v) is 6.96. The third-order valence-electron chi connectivity index (χ3n) is 3.88. The van der Waals surface area contributed by atoms with Crippen LogP contribution in [0, 0.1) is 5.92 Å². The molecule has 0 aliphatic carbocycles. The SMILES string of the molecule is CCC(C)C(C)NS(=O)(=O)c1cccc2ccccc12. The summed E-state index contributed by atoms with van der Waals surface area (Å²) in [5.41, 5.74) is 0. The number of hydrogen-bond acceptors (Lipinski definition) is 2. The van der Waals surface area contributed by atoms with E-state index in [1.165, 1.54) is 0 Å². The maximum Gasteiger partial charge on any atom is 0.241 e. The molecule has 0 fully saturated rings. The summed E-state index contributed by atoms with van der Waals surface area (Å²) in [7, 11) is -3.49. The van der Waals surface area contributed by atoms with Gasteiger partial charge in [0.05, 0.1) is 4.90 Å². The minimum absolute atomic E-state index is 0.0797. The summed E-state index contributed by atoms with van der Waals surface area (Å²) < 4.78 is 27.9. The lowest BCUT2D eigenvalue weighted by atomic mass is 10.0. The van der Waals surface area contributed by atoms with Crippen molar-refractivity contribution in [1.82, 2.24) is 4.72 Å². The smallest absolute Gasteiger partial charge is 0.208 e. The highest BCUT2D eigenvalue weighted by atomic mass is 32.2. The molecular weight excluding hydrogens is 270 g/mol. The van der Waals surface area contributed by atoms with Gasteiger partial charge in [0.25, 0.3) is 0 Å². The van der Waals surface area contributed by atoms with Crippen LogP contribution in [0.5, 0.6) is 0 Å². The van der Waals surface area contributed by atoms with Crippen LogP contribution in [-0.4, -0.2) is 14.5 Å². The van der Waals surface area contributed by atoms with E-state index in [2.05, 4.69) is 18.6 Å². The molecule has 108 valence electrons. The lowest BCUT2D eigenvalue weighted by molar-refractivity contribution is 0.434. The number of nitrogens with one attached hydrogen (secondary N) is 1. The van der Waals surface area contributed by atoms with Crippen LogP contribution in [0.25, 0.3) is 10.8 Å². The Morgan fingerprint density at radius 3 is 2.40 bits per heavy atom. The van der Waals surface area contributed by atoms with Crippen LogP contribution in [0.4, 0.5) is 0 Å². The van der Waals surface area contributed by atoms with E-state index < -0.39 is 10.0 Å². The molecule has 2 aromatic carbocycles. The van der Waals surface area contributed by atoms with Gasteiger partial charge in [-0.2, -0.15) is 0 Å². The van der Waals surface area contributed by atoms with Crippen molar-refractivity contribution in [3.8, 4) is 0 Å². The molecule has 2 unspecified atom stereocenters. The first-order valence-electron chi connectivity index (χ1n) is 6.96. The minimum atomic E-state index is -3.49. The Balaban J connectivity index is 2.42. The van der Waals surface area contributed by atoms with E-state index in [-0.39, 0.29) is 6.04 Å². The van der Waals surface area contributed by atoms with Gasteiger partial charge in [-0.05, 0) is 24.3 Å². The van der Waals surface area contributed by atoms with Gasteiger partial charge in [-0.15, -0.1) is 0 Å². The molecule has 0 aliphatic rings.